The molecule has 4 rings (SSSR count). The number of nitrogens with zero attached hydrogens (tertiary/aromatic N) is 5. The van der Waals surface area contributed by atoms with Gasteiger partial charge in [-0.1, -0.05) is 48.5 Å². The fourth-order valence-electron chi connectivity index (χ4n) is 3.64. The predicted octanol–water partition coefficient (Wildman–Crippen LogP) is 4.08. The molecule has 1 amide bonds. The van der Waals surface area contributed by atoms with E-state index in [0.29, 0.717) is 11.5 Å². The maximum Gasteiger partial charge on any atom is 0.254 e. The van der Waals surface area contributed by atoms with Crippen molar-refractivity contribution in [2.45, 2.75) is 0 Å². The number of azo groups is 1. The number of methoxy groups -OCH3 is 1. The van der Waals surface area contributed by atoms with Gasteiger partial charge in [-0.05, 0) is 36.4 Å². The molecule has 8 heteroatoms. The molecule has 34 heavy (non-hydrogen) atoms. The largest absolute Gasteiger partial charge is 0.497 e. The molecule has 8 nitrogen and oxygen atoms in total. The first-order chi connectivity index (χ1) is 16.7. The molecule has 0 aliphatic carbocycles. The van der Waals surface area contributed by atoms with Crippen LogP contribution in [0.4, 0.5) is 11.4 Å². The van der Waals surface area contributed by atoms with Crippen LogP contribution in [0.3, 0.4) is 0 Å². The van der Waals surface area contributed by atoms with Crippen LogP contribution in [-0.2, 0) is 4.79 Å². The van der Waals surface area contributed by atoms with E-state index in [4.69, 9.17) is 4.74 Å². The van der Waals surface area contributed by atoms with Crippen molar-refractivity contribution in [2.75, 3.05) is 44.7 Å². The van der Waals surface area contributed by atoms with Gasteiger partial charge in [-0.2, -0.15) is 5.10 Å². The number of carbonyl (C=O) groups is 1. The van der Waals surface area contributed by atoms with E-state index in [2.05, 4.69) is 42.7 Å². The third kappa shape index (κ3) is 6.49. The van der Waals surface area contributed by atoms with Crippen molar-refractivity contribution in [1.82, 2.24) is 10.3 Å². The van der Waals surface area contributed by atoms with Crippen LogP contribution < -0.4 is 15.1 Å². The Kier molecular flexibility index (Phi) is 7.97. The Hall–Kier alpha value is -4.04. The molecule has 174 valence electrons. The molecule has 1 fully saturated rings. The van der Waals surface area contributed by atoms with Crippen molar-refractivity contribution >= 4 is 23.1 Å². The van der Waals surface area contributed by atoms with Gasteiger partial charge >= 0.3 is 0 Å². The Morgan fingerprint density at radius 2 is 1.53 bits per heavy atom. The lowest BCUT2D eigenvalue weighted by Crippen LogP contribution is -2.49. The second-order valence-electron chi connectivity index (χ2n) is 7.83. The highest BCUT2D eigenvalue weighted by molar-refractivity contribution is 5.99. The molecule has 0 bridgehead atoms. The summed E-state index contributed by atoms with van der Waals surface area (Å²) in [4.78, 5) is 17.0. The van der Waals surface area contributed by atoms with Gasteiger partial charge in [-0.15, -0.1) is 10.2 Å². The molecule has 0 saturated carbocycles. The van der Waals surface area contributed by atoms with E-state index in [1.165, 1.54) is 5.69 Å². The number of piperazine rings is 1. The molecular formula is C26H28N6O2. The molecule has 3 aromatic rings. The fraction of sp³-hybridized carbons (Fsp3) is 0.231. The molecule has 0 radical (unpaired) electrons. The number of hydrogen-bond donors (Lipinski definition) is 1. The Bertz CT molecular complexity index is 1110. The summed E-state index contributed by atoms with van der Waals surface area (Å²) in [5.41, 5.74) is 5.28. The van der Waals surface area contributed by atoms with E-state index >= 15 is 0 Å². The number of anilines is 1. The maximum absolute atomic E-state index is 12.6. The number of carbonyl (C=O) groups excluding carboxylic acids is 1. The minimum atomic E-state index is -0.179. The number of hydrazone groups is 1. The monoisotopic (exact) mass is 456 g/mol. The molecule has 1 N–H and O–H groups in total. The van der Waals surface area contributed by atoms with E-state index in [1.54, 1.807) is 19.2 Å². The molecule has 0 aromatic heterocycles. The topological polar surface area (TPSA) is 81.9 Å². The number of ether oxygens (including phenoxy) is 1. The Morgan fingerprint density at radius 3 is 2.18 bits per heavy atom. The minimum absolute atomic E-state index is 0.179. The molecule has 1 heterocycles. The first kappa shape index (κ1) is 23.1. The van der Waals surface area contributed by atoms with Gasteiger partial charge in [0, 0.05) is 37.4 Å². The molecule has 0 spiro atoms. The van der Waals surface area contributed by atoms with Gasteiger partial charge in [0.25, 0.3) is 5.91 Å². The molecule has 1 aliphatic heterocycles. The number of nitrogens with one attached hydrogen (secondary N) is 1. The summed E-state index contributed by atoms with van der Waals surface area (Å²) in [5, 5.41) is 12.8. The van der Waals surface area contributed by atoms with E-state index in [-0.39, 0.29) is 12.5 Å². The third-order valence-electron chi connectivity index (χ3n) is 5.51. The van der Waals surface area contributed by atoms with Crippen molar-refractivity contribution < 1.29 is 9.53 Å². The van der Waals surface area contributed by atoms with Crippen LogP contribution in [0.2, 0.25) is 0 Å². The Labute approximate surface area is 199 Å². The lowest BCUT2D eigenvalue weighted by Gasteiger charge is -2.35. The van der Waals surface area contributed by atoms with Gasteiger partial charge in [0.1, 0.15) is 5.75 Å². The number of benzene rings is 3. The summed E-state index contributed by atoms with van der Waals surface area (Å²) in [6.07, 6.45) is 0. The summed E-state index contributed by atoms with van der Waals surface area (Å²) < 4.78 is 5.17. The second kappa shape index (κ2) is 11.7. The SMILES string of the molecule is COc1ccc(N=NC(=NNC(=O)CN2CCN(c3ccccc3)CC2)c2ccccc2)cc1. The van der Waals surface area contributed by atoms with Gasteiger partial charge < -0.3 is 9.64 Å². The fourth-order valence-corrected chi connectivity index (χ4v) is 3.64. The van der Waals surface area contributed by atoms with E-state index in [0.717, 1.165) is 37.5 Å². The van der Waals surface area contributed by atoms with Crippen LogP contribution in [0.1, 0.15) is 5.56 Å². The summed E-state index contributed by atoms with van der Waals surface area (Å²) >= 11 is 0. The normalized spacial score (nSPS) is 14.9. The average Bonchev–Trinajstić information content (AvgIpc) is 2.90. The van der Waals surface area contributed by atoms with Gasteiger partial charge in [0.15, 0.2) is 0 Å². The van der Waals surface area contributed by atoms with Gasteiger partial charge in [0.05, 0.1) is 19.3 Å². The van der Waals surface area contributed by atoms with Gasteiger partial charge in [0.2, 0.25) is 5.84 Å². The molecule has 0 atom stereocenters. The van der Waals surface area contributed by atoms with Crippen molar-refractivity contribution in [1.29, 1.82) is 0 Å². The number of rotatable bonds is 7. The van der Waals surface area contributed by atoms with Crippen molar-refractivity contribution in [2.24, 2.45) is 15.3 Å². The van der Waals surface area contributed by atoms with Crippen LogP contribution in [0.5, 0.6) is 5.75 Å². The highest BCUT2D eigenvalue weighted by Gasteiger charge is 2.19. The standard InChI is InChI=1S/C26H28N6O2/c1-34-24-14-12-22(13-15-24)27-29-26(21-8-4-2-5-9-21)30-28-25(33)20-31-16-18-32(19-17-31)23-10-6-3-7-11-23/h2-15H,16-20H2,1H3,(H,28,33). The molecule has 3 aromatic carbocycles. The molecular weight excluding hydrogens is 428 g/mol. The molecule has 0 unspecified atom stereocenters. The molecule has 1 aliphatic rings. The zero-order valence-electron chi connectivity index (χ0n) is 19.2. The number of para-hydroxylation sites is 1. The number of hydrogen-bond acceptors (Lipinski definition) is 6. The van der Waals surface area contributed by atoms with Crippen LogP contribution in [0.25, 0.3) is 0 Å². The van der Waals surface area contributed by atoms with Crippen molar-refractivity contribution in [3.63, 3.8) is 0 Å². The highest BCUT2D eigenvalue weighted by atomic mass is 16.5. The number of amides is 1. The lowest BCUT2D eigenvalue weighted by atomic mass is 10.2. The molecule has 1 saturated heterocycles. The predicted molar refractivity (Wildman–Crippen MR) is 134 cm³/mol. The van der Waals surface area contributed by atoms with Crippen LogP contribution in [0.15, 0.2) is 100 Å². The summed E-state index contributed by atoms with van der Waals surface area (Å²) in [6.45, 7) is 3.67. The second-order valence-corrected chi connectivity index (χ2v) is 7.83. The summed E-state index contributed by atoms with van der Waals surface area (Å²) in [7, 11) is 1.61. The Balaban J connectivity index is 1.36. The average molecular weight is 457 g/mol. The van der Waals surface area contributed by atoms with Gasteiger partial charge in [-0.3, -0.25) is 9.69 Å². The van der Waals surface area contributed by atoms with E-state index < -0.39 is 0 Å². The van der Waals surface area contributed by atoms with Crippen LogP contribution in [-0.4, -0.2) is 56.5 Å². The minimum Gasteiger partial charge on any atom is -0.497 e. The zero-order chi connectivity index (χ0) is 23.6. The van der Waals surface area contributed by atoms with E-state index in [9.17, 15) is 4.79 Å². The van der Waals surface area contributed by atoms with E-state index in [1.807, 2.05) is 60.7 Å². The van der Waals surface area contributed by atoms with Gasteiger partial charge in [-0.25, -0.2) is 5.43 Å². The third-order valence-corrected chi connectivity index (χ3v) is 5.51. The number of amidine groups is 1. The van der Waals surface area contributed by atoms with Crippen molar-refractivity contribution in [3.8, 4) is 5.75 Å². The lowest BCUT2D eigenvalue weighted by molar-refractivity contribution is -0.122. The smallest absolute Gasteiger partial charge is 0.254 e. The summed E-state index contributed by atoms with van der Waals surface area (Å²) in [6, 6.07) is 27.0. The zero-order valence-corrected chi connectivity index (χ0v) is 19.2. The summed E-state index contributed by atoms with van der Waals surface area (Å²) in [5.74, 6) is 0.896. The first-order valence-electron chi connectivity index (χ1n) is 11.2. The first-order valence-corrected chi connectivity index (χ1v) is 11.2. The maximum atomic E-state index is 12.6. The van der Waals surface area contributed by atoms with Crippen LogP contribution in [0, 0.1) is 0 Å². The highest BCUT2D eigenvalue weighted by Crippen LogP contribution is 2.19. The quantitative estimate of drug-likeness (QED) is 0.251. The Morgan fingerprint density at radius 1 is 0.882 bits per heavy atom. The van der Waals surface area contributed by atoms with Crippen molar-refractivity contribution in [3.05, 3.63) is 90.5 Å². The van der Waals surface area contributed by atoms with Crippen LogP contribution >= 0.6 is 0 Å².